The molecule has 0 unspecified atom stereocenters. The van der Waals surface area contributed by atoms with E-state index >= 15 is 0 Å². The second-order valence-electron chi connectivity index (χ2n) is 8.18. The molecular weight excluding hydrogens is 404 g/mol. The van der Waals surface area contributed by atoms with Crippen molar-refractivity contribution in [3.63, 3.8) is 0 Å². The molecule has 0 spiro atoms. The number of carbonyl (C=O) groups is 2. The Kier molecular flexibility index (Phi) is 6.37. The first-order valence-electron chi connectivity index (χ1n) is 10.8. The Hall–Kier alpha value is -3.45. The molecule has 7 heteroatoms. The predicted molar refractivity (Wildman–Crippen MR) is 122 cm³/mol. The molecule has 166 valence electrons. The van der Waals surface area contributed by atoms with Crippen LogP contribution in [0.15, 0.2) is 66.7 Å². The van der Waals surface area contributed by atoms with Crippen LogP contribution in [0.2, 0.25) is 0 Å². The number of methoxy groups -OCH3 is 1. The maximum atomic E-state index is 13.5. The summed E-state index contributed by atoms with van der Waals surface area (Å²) in [6, 6.07) is 21.3. The first-order chi connectivity index (χ1) is 15.5. The van der Waals surface area contributed by atoms with E-state index in [0.29, 0.717) is 31.8 Å². The van der Waals surface area contributed by atoms with Crippen LogP contribution in [-0.2, 0) is 22.6 Å². The monoisotopic (exact) mass is 432 g/mol. The van der Waals surface area contributed by atoms with Gasteiger partial charge in [-0.1, -0.05) is 60.7 Å². The van der Waals surface area contributed by atoms with Crippen molar-refractivity contribution >= 4 is 11.8 Å². The van der Waals surface area contributed by atoms with Crippen molar-refractivity contribution in [1.82, 2.24) is 20.0 Å². The van der Waals surface area contributed by atoms with Crippen LogP contribution in [0.4, 0.5) is 0 Å². The quantitative estimate of drug-likeness (QED) is 0.555. The van der Waals surface area contributed by atoms with Crippen molar-refractivity contribution in [2.24, 2.45) is 0 Å². The van der Waals surface area contributed by atoms with E-state index in [4.69, 9.17) is 4.74 Å². The second kappa shape index (κ2) is 9.36. The fraction of sp³-hybridized carbons (Fsp3) is 0.320. The second-order valence-corrected chi connectivity index (χ2v) is 8.18. The average Bonchev–Trinajstić information content (AvgIpc) is 3.25. The van der Waals surface area contributed by atoms with Gasteiger partial charge in [0.2, 0.25) is 5.91 Å². The normalized spacial score (nSPS) is 17.8. The Morgan fingerprint density at radius 1 is 1.12 bits per heavy atom. The zero-order valence-electron chi connectivity index (χ0n) is 18.5. The molecule has 1 aliphatic heterocycles. The van der Waals surface area contributed by atoms with Crippen molar-refractivity contribution in [2.75, 3.05) is 20.3 Å². The standard InChI is InChI=1S/C25H28N4O3/c1-25(24(31)26-17-19-10-5-3-6-11-19)18-29-22(23(30)28(25)14-9-15-32-2)16-21(27-29)20-12-7-4-8-13-20/h3-8,10-13,16H,9,14-15,17-18H2,1-2H3,(H,26,31)/t25-/m1/s1. The molecule has 1 N–H and O–H groups in total. The van der Waals surface area contributed by atoms with Gasteiger partial charge in [0.25, 0.3) is 5.91 Å². The minimum absolute atomic E-state index is 0.195. The number of nitrogens with one attached hydrogen (secondary N) is 1. The van der Waals surface area contributed by atoms with Crippen LogP contribution < -0.4 is 5.32 Å². The van der Waals surface area contributed by atoms with Gasteiger partial charge >= 0.3 is 0 Å². The van der Waals surface area contributed by atoms with Crippen molar-refractivity contribution in [2.45, 2.75) is 32.0 Å². The van der Waals surface area contributed by atoms with Crippen LogP contribution in [0, 0.1) is 0 Å². The van der Waals surface area contributed by atoms with Crippen molar-refractivity contribution < 1.29 is 14.3 Å². The number of hydrogen-bond donors (Lipinski definition) is 1. The molecule has 3 aromatic rings. The third-order valence-corrected chi connectivity index (χ3v) is 5.88. The van der Waals surface area contributed by atoms with Gasteiger partial charge < -0.3 is 15.0 Å². The summed E-state index contributed by atoms with van der Waals surface area (Å²) in [7, 11) is 1.63. The number of fused-ring (bicyclic) bond motifs is 1. The van der Waals surface area contributed by atoms with Crippen LogP contribution in [0.1, 0.15) is 29.4 Å². The molecule has 7 nitrogen and oxygen atoms in total. The summed E-state index contributed by atoms with van der Waals surface area (Å²) in [6.45, 7) is 3.43. The number of rotatable bonds is 8. The van der Waals surface area contributed by atoms with Crippen LogP contribution in [0.25, 0.3) is 11.3 Å². The first kappa shape index (κ1) is 21.8. The number of carbonyl (C=O) groups excluding carboxylic acids is 2. The summed E-state index contributed by atoms with van der Waals surface area (Å²) in [5.41, 5.74) is 2.09. The third-order valence-electron chi connectivity index (χ3n) is 5.88. The number of hydrogen-bond acceptors (Lipinski definition) is 4. The van der Waals surface area contributed by atoms with Gasteiger partial charge in [0.15, 0.2) is 0 Å². The summed E-state index contributed by atoms with van der Waals surface area (Å²) >= 11 is 0. The summed E-state index contributed by atoms with van der Waals surface area (Å²) in [5, 5.41) is 7.68. The van der Waals surface area contributed by atoms with Crippen LogP contribution in [-0.4, -0.2) is 52.3 Å². The zero-order chi connectivity index (χ0) is 22.6. The van der Waals surface area contributed by atoms with Gasteiger partial charge in [0.05, 0.1) is 12.2 Å². The van der Waals surface area contributed by atoms with Crippen molar-refractivity contribution in [1.29, 1.82) is 0 Å². The number of aromatic nitrogens is 2. The lowest BCUT2D eigenvalue weighted by molar-refractivity contribution is -0.133. The molecule has 4 rings (SSSR count). The molecule has 0 bridgehead atoms. The van der Waals surface area contributed by atoms with E-state index in [1.165, 1.54) is 0 Å². The van der Waals surface area contributed by atoms with Gasteiger partial charge in [0.1, 0.15) is 11.2 Å². The lowest BCUT2D eigenvalue weighted by atomic mass is 9.94. The zero-order valence-corrected chi connectivity index (χ0v) is 18.5. The van der Waals surface area contributed by atoms with E-state index in [9.17, 15) is 9.59 Å². The summed E-state index contributed by atoms with van der Waals surface area (Å²) in [5.74, 6) is -0.395. The maximum Gasteiger partial charge on any atom is 0.273 e. The van der Waals surface area contributed by atoms with Gasteiger partial charge in [-0.2, -0.15) is 5.10 Å². The lowest BCUT2D eigenvalue weighted by Gasteiger charge is -2.43. The molecule has 1 aromatic heterocycles. The summed E-state index contributed by atoms with van der Waals surface area (Å²) in [6.07, 6.45) is 0.642. The molecule has 1 atom stereocenters. The van der Waals surface area contributed by atoms with Crippen LogP contribution in [0.3, 0.4) is 0 Å². The van der Waals surface area contributed by atoms with Crippen molar-refractivity contribution in [3.05, 3.63) is 78.0 Å². The average molecular weight is 433 g/mol. The number of benzene rings is 2. The predicted octanol–water partition coefficient (Wildman–Crippen LogP) is 3.12. The van der Waals surface area contributed by atoms with E-state index in [2.05, 4.69) is 10.4 Å². The highest BCUT2D eigenvalue weighted by atomic mass is 16.5. The number of nitrogens with zero attached hydrogens (tertiary/aromatic N) is 3. The molecule has 32 heavy (non-hydrogen) atoms. The highest BCUT2D eigenvalue weighted by Gasteiger charge is 2.47. The van der Waals surface area contributed by atoms with Crippen molar-refractivity contribution in [3.8, 4) is 11.3 Å². The van der Waals surface area contributed by atoms with Crippen LogP contribution in [0.5, 0.6) is 0 Å². The van der Waals surface area contributed by atoms with Gasteiger partial charge in [-0.05, 0) is 25.0 Å². The number of ether oxygens (including phenoxy) is 1. The SMILES string of the molecule is COCCCN1C(=O)c2cc(-c3ccccc3)nn2C[C@]1(C)C(=O)NCc1ccccc1. The lowest BCUT2D eigenvalue weighted by Crippen LogP contribution is -2.64. The Morgan fingerprint density at radius 2 is 1.81 bits per heavy atom. The molecule has 2 amide bonds. The topological polar surface area (TPSA) is 76.5 Å². The molecule has 1 aliphatic rings. The molecule has 0 fully saturated rings. The van der Waals surface area contributed by atoms with E-state index in [0.717, 1.165) is 16.8 Å². The van der Waals surface area contributed by atoms with E-state index in [1.807, 2.05) is 73.7 Å². The Balaban J connectivity index is 1.63. The fourth-order valence-corrected chi connectivity index (χ4v) is 4.08. The highest BCUT2D eigenvalue weighted by molar-refractivity contribution is 6.00. The molecule has 0 saturated carbocycles. The highest BCUT2D eigenvalue weighted by Crippen LogP contribution is 2.30. The minimum Gasteiger partial charge on any atom is -0.385 e. The van der Waals surface area contributed by atoms with Gasteiger partial charge in [-0.15, -0.1) is 0 Å². The third kappa shape index (κ3) is 4.29. The number of amides is 2. The van der Waals surface area contributed by atoms with E-state index < -0.39 is 5.54 Å². The van der Waals surface area contributed by atoms with Gasteiger partial charge in [-0.25, -0.2) is 0 Å². The van der Waals surface area contributed by atoms with Gasteiger partial charge in [-0.3, -0.25) is 14.3 Å². The smallest absolute Gasteiger partial charge is 0.273 e. The molecule has 0 saturated heterocycles. The van der Waals surface area contributed by atoms with Gasteiger partial charge in [0, 0.05) is 32.4 Å². The largest absolute Gasteiger partial charge is 0.385 e. The molecule has 0 aliphatic carbocycles. The first-order valence-corrected chi connectivity index (χ1v) is 10.8. The maximum absolute atomic E-state index is 13.5. The summed E-state index contributed by atoms with van der Waals surface area (Å²) in [4.78, 5) is 28.6. The fourth-order valence-electron chi connectivity index (χ4n) is 4.08. The molecule has 0 radical (unpaired) electrons. The Morgan fingerprint density at radius 3 is 2.50 bits per heavy atom. The Labute approximate surface area is 188 Å². The molecular formula is C25H28N4O3. The van der Waals surface area contributed by atoms with E-state index in [1.54, 1.807) is 16.7 Å². The minimum atomic E-state index is -1.06. The van der Waals surface area contributed by atoms with E-state index in [-0.39, 0.29) is 18.4 Å². The molecule has 2 aromatic carbocycles. The summed E-state index contributed by atoms with van der Waals surface area (Å²) < 4.78 is 6.84. The Bertz CT molecular complexity index is 1080. The molecule has 2 heterocycles. The van der Waals surface area contributed by atoms with Crippen LogP contribution >= 0.6 is 0 Å².